The zero-order valence-corrected chi connectivity index (χ0v) is 13.0. The van der Waals surface area contributed by atoms with Gasteiger partial charge in [0.05, 0.1) is 9.90 Å². The first-order chi connectivity index (χ1) is 10.0. The van der Waals surface area contributed by atoms with Gasteiger partial charge in [0.2, 0.25) is 10.0 Å². The monoisotopic (exact) mass is 318 g/mol. The van der Waals surface area contributed by atoms with E-state index in [1.807, 2.05) is 37.3 Å². The van der Waals surface area contributed by atoms with Crippen molar-refractivity contribution >= 4 is 32.1 Å². The van der Waals surface area contributed by atoms with Gasteiger partial charge in [0.25, 0.3) is 0 Å². The Morgan fingerprint density at radius 2 is 1.90 bits per heavy atom. The fraction of sp³-hybridized carbons (Fsp3) is 0.133. The van der Waals surface area contributed by atoms with E-state index < -0.39 is 10.0 Å². The summed E-state index contributed by atoms with van der Waals surface area (Å²) in [5, 5.41) is 2.86. The molecular formula is C15H14N2O2S2. The first-order valence-electron chi connectivity index (χ1n) is 6.44. The van der Waals surface area contributed by atoms with Crippen molar-refractivity contribution in [3.63, 3.8) is 0 Å². The lowest BCUT2D eigenvalue weighted by Gasteiger charge is -2.06. The van der Waals surface area contributed by atoms with Crippen molar-refractivity contribution in [1.82, 2.24) is 9.71 Å². The number of aromatic nitrogens is 1. The lowest BCUT2D eigenvalue weighted by molar-refractivity contribution is 0.582. The van der Waals surface area contributed by atoms with Gasteiger partial charge in [0, 0.05) is 17.6 Å². The third kappa shape index (κ3) is 3.12. The van der Waals surface area contributed by atoms with Crippen LogP contribution in [0.1, 0.15) is 9.88 Å². The van der Waals surface area contributed by atoms with E-state index >= 15 is 0 Å². The minimum absolute atomic E-state index is 0.265. The van der Waals surface area contributed by atoms with Crippen molar-refractivity contribution in [2.75, 3.05) is 0 Å². The molecular weight excluding hydrogens is 304 g/mol. The molecule has 0 atom stereocenters. The standard InChI is InChI=1S/C15H14N2O2S2/c1-11-16-9-14(20-11)10-17-21(18,19)15-7-6-12-4-2-3-5-13(12)8-15/h2-9,17H,10H2,1H3. The first kappa shape index (κ1) is 14.2. The van der Waals surface area contributed by atoms with Crippen LogP contribution in [-0.4, -0.2) is 13.4 Å². The molecule has 3 rings (SSSR count). The molecule has 1 aromatic heterocycles. The van der Waals surface area contributed by atoms with Crippen LogP contribution >= 0.6 is 11.3 Å². The van der Waals surface area contributed by atoms with Crippen LogP contribution in [0.15, 0.2) is 53.6 Å². The number of benzene rings is 2. The highest BCUT2D eigenvalue weighted by Crippen LogP contribution is 2.19. The third-order valence-electron chi connectivity index (χ3n) is 3.14. The third-order valence-corrected chi connectivity index (χ3v) is 5.45. The van der Waals surface area contributed by atoms with Gasteiger partial charge in [-0.3, -0.25) is 0 Å². The summed E-state index contributed by atoms with van der Waals surface area (Å²) in [5.41, 5.74) is 0. The van der Waals surface area contributed by atoms with Crippen molar-refractivity contribution in [2.24, 2.45) is 0 Å². The van der Waals surface area contributed by atoms with Crippen molar-refractivity contribution in [3.8, 4) is 0 Å². The molecule has 0 unspecified atom stereocenters. The molecule has 2 aromatic carbocycles. The number of fused-ring (bicyclic) bond motifs is 1. The van der Waals surface area contributed by atoms with Gasteiger partial charge in [-0.15, -0.1) is 11.3 Å². The van der Waals surface area contributed by atoms with E-state index in [1.165, 1.54) is 11.3 Å². The van der Waals surface area contributed by atoms with Crippen LogP contribution in [0.25, 0.3) is 10.8 Å². The van der Waals surface area contributed by atoms with Gasteiger partial charge in [0.15, 0.2) is 0 Å². The molecule has 0 bridgehead atoms. The van der Waals surface area contributed by atoms with Crippen molar-refractivity contribution in [1.29, 1.82) is 0 Å². The maximum absolute atomic E-state index is 12.3. The quantitative estimate of drug-likeness (QED) is 0.804. The predicted octanol–water partition coefficient (Wildman–Crippen LogP) is 3.08. The molecule has 1 heterocycles. The molecule has 0 aliphatic heterocycles. The first-order valence-corrected chi connectivity index (χ1v) is 8.74. The molecule has 0 saturated heterocycles. The van der Waals surface area contributed by atoms with Crippen LogP contribution in [0.3, 0.4) is 0 Å². The van der Waals surface area contributed by atoms with Crippen LogP contribution < -0.4 is 4.72 Å². The van der Waals surface area contributed by atoms with Crippen LogP contribution in [0.2, 0.25) is 0 Å². The van der Waals surface area contributed by atoms with Crippen LogP contribution in [0.4, 0.5) is 0 Å². The van der Waals surface area contributed by atoms with E-state index in [2.05, 4.69) is 9.71 Å². The van der Waals surface area contributed by atoms with Gasteiger partial charge in [-0.25, -0.2) is 18.1 Å². The SMILES string of the molecule is Cc1ncc(CNS(=O)(=O)c2ccc3ccccc3c2)s1. The molecule has 0 saturated carbocycles. The molecule has 0 fully saturated rings. The average molecular weight is 318 g/mol. The molecule has 0 amide bonds. The maximum Gasteiger partial charge on any atom is 0.240 e. The second-order valence-corrected chi connectivity index (χ2v) is 7.77. The molecule has 0 aliphatic rings. The Bertz CT molecular complexity index is 885. The summed E-state index contributed by atoms with van der Waals surface area (Å²) in [4.78, 5) is 5.29. The average Bonchev–Trinajstić information content (AvgIpc) is 2.90. The molecule has 21 heavy (non-hydrogen) atoms. The molecule has 4 nitrogen and oxygen atoms in total. The number of aryl methyl sites for hydroxylation is 1. The summed E-state index contributed by atoms with van der Waals surface area (Å²) in [6.07, 6.45) is 1.70. The van der Waals surface area contributed by atoms with Gasteiger partial charge in [-0.2, -0.15) is 0 Å². The Hall–Kier alpha value is -1.76. The molecule has 0 aliphatic carbocycles. The molecule has 0 radical (unpaired) electrons. The highest BCUT2D eigenvalue weighted by molar-refractivity contribution is 7.89. The molecule has 0 spiro atoms. The number of nitrogens with one attached hydrogen (secondary N) is 1. The van der Waals surface area contributed by atoms with Gasteiger partial charge in [0.1, 0.15) is 0 Å². The van der Waals surface area contributed by atoms with Gasteiger partial charge in [-0.05, 0) is 29.8 Å². The Labute approximate surface area is 127 Å². The summed E-state index contributed by atoms with van der Waals surface area (Å²) in [6, 6.07) is 12.8. The van der Waals surface area contributed by atoms with Gasteiger partial charge >= 0.3 is 0 Å². The zero-order valence-electron chi connectivity index (χ0n) is 11.4. The highest BCUT2D eigenvalue weighted by atomic mass is 32.2. The normalized spacial score (nSPS) is 11.9. The van der Waals surface area contributed by atoms with E-state index in [0.717, 1.165) is 20.7 Å². The summed E-state index contributed by atoms with van der Waals surface area (Å²) in [6.45, 7) is 2.16. The fourth-order valence-electron chi connectivity index (χ4n) is 2.07. The fourth-order valence-corrected chi connectivity index (χ4v) is 3.94. The second kappa shape index (κ2) is 5.55. The summed E-state index contributed by atoms with van der Waals surface area (Å²) < 4.78 is 27.3. The van der Waals surface area contributed by atoms with E-state index in [0.29, 0.717) is 0 Å². The van der Waals surface area contributed by atoms with E-state index in [9.17, 15) is 8.42 Å². The minimum Gasteiger partial charge on any atom is -0.250 e. The van der Waals surface area contributed by atoms with Gasteiger partial charge in [-0.1, -0.05) is 30.3 Å². The maximum atomic E-state index is 12.3. The van der Waals surface area contributed by atoms with Crippen molar-refractivity contribution in [2.45, 2.75) is 18.4 Å². The Morgan fingerprint density at radius 1 is 1.14 bits per heavy atom. The van der Waals surface area contributed by atoms with Crippen LogP contribution in [-0.2, 0) is 16.6 Å². The summed E-state index contributed by atoms with van der Waals surface area (Å²) in [7, 11) is -3.51. The molecule has 108 valence electrons. The van der Waals surface area contributed by atoms with E-state index in [-0.39, 0.29) is 11.4 Å². The lowest BCUT2D eigenvalue weighted by Crippen LogP contribution is -2.22. The molecule has 6 heteroatoms. The molecule has 3 aromatic rings. The van der Waals surface area contributed by atoms with Crippen LogP contribution in [0.5, 0.6) is 0 Å². The minimum atomic E-state index is -3.51. The van der Waals surface area contributed by atoms with Crippen molar-refractivity contribution < 1.29 is 8.42 Å². The number of thiazole rings is 1. The predicted molar refractivity (Wildman–Crippen MR) is 84.8 cm³/mol. The summed E-state index contributed by atoms with van der Waals surface area (Å²) >= 11 is 1.49. The van der Waals surface area contributed by atoms with Crippen LogP contribution in [0, 0.1) is 6.92 Å². The number of rotatable bonds is 4. The lowest BCUT2D eigenvalue weighted by atomic mass is 10.1. The number of nitrogens with zero attached hydrogens (tertiary/aromatic N) is 1. The number of hydrogen-bond acceptors (Lipinski definition) is 4. The Kier molecular flexibility index (Phi) is 3.75. The van der Waals surface area contributed by atoms with Crippen molar-refractivity contribution in [3.05, 3.63) is 58.5 Å². The Morgan fingerprint density at radius 3 is 2.62 bits per heavy atom. The largest absolute Gasteiger partial charge is 0.250 e. The molecule has 1 N–H and O–H groups in total. The topological polar surface area (TPSA) is 59.1 Å². The van der Waals surface area contributed by atoms with E-state index in [4.69, 9.17) is 0 Å². The number of sulfonamides is 1. The van der Waals surface area contributed by atoms with E-state index in [1.54, 1.807) is 18.3 Å². The smallest absolute Gasteiger partial charge is 0.240 e. The second-order valence-electron chi connectivity index (χ2n) is 4.68. The zero-order chi connectivity index (χ0) is 14.9. The summed E-state index contributed by atoms with van der Waals surface area (Å²) in [5.74, 6) is 0. The highest BCUT2D eigenvalue weighted by Gasteiger charge is 2.14. The number of hydrogen-bond donors (Lipinski definition) is 1. The van der Waals surface area contributed by atoms with Gasteiger partial charge < -0.3 is 0 Å². The Balaban J connectivity index is 1.85.